The molecule has 2 aromatic heterocycles. The molecule has 0 aliphatic heterocycles. The molecule has 0 aliphatic carbocycles. The molecular formula is C13H16N4. The highest BCUT2D eigenvalue weighted by Crippen LogP contribution is 2.19. The van der Waals surface area contributed by atoms with Crippen LogP contribution in [0.2, 0.25) is 0 Å². The van der Waals surface area contributed by atoms with E-state index in [0.717, 1.165) is 17.1 Å². The second-order valence-electron chi connectivity index (χ2n) is 4.05. The Hall–Kier alpha value is -2.10. The molecule has 0 spiro atoms. The van der Waals surface area contributed by atoms with Gasteiger partial charge in [0.05, 0.1) is 23.6 Å². The summed E-state index contributed by atoms with van der Waals surface area (Å²) in [5.41, 5.74) is 8.37. The third kappa shape index (κ3) is 2.72. The zero-order chi connectivity index (χ0) is 12.3. The molecule has 3 N–H and O–H groups in total. The van der Waals surface area contributed by atoms with Crippen molar-refractivity contribution in [2.45, 2.75) is 19.9 Å². The molecule has 0 saturated carbocycles. The average Bonchev–Trinajstić information content (AvgIpc) is 2.34. The summed E-state index contributed by atoms with van der Waals surface area (Å²) in [5.74, 6) is 0.845. The Labute approximate surface area is 101 Å². The lowest BCUT2D eigenvalue weighted by molar-refractivity contribution is 0.830. The predicted octanol–water partition coefficient (Wildman–Crippen LogP) is 2.54. The number of hydrogen-bond donors (Lipinski definition) is 2. The molecule has 0 aliphatic rings. The number of nitrogen functional groups attached to an aromatic ring is 1. The summed E-state index contributed by atoms with van der Waals surface area (Å²) in [6, 6.07) is 7.89. The molecule has 4 heteroatoms. The lowest BCUT2D eigenvalue weighted by Gasteiger charge is -2.15. The van der Waals surface area contributed by atoms with Gasteiger partial charge in [-0.3, -0.25) is 4.98 Å². The first kappa shape index (κ1) is 11.4. The third-order valence-corrected chi connectivity index (χ3v) is 2.58. The molecule has 0 radical (unpaired) electrons. The Bertz CT molecular complexity index is 496. The first-order valence-corrected chi connectivity index (χ1v) is 5.56. The van der Waals surface area contributed by atoms with Gasteiger partial charge in [-0.15, -0.1) is 0 Å². The maximum absolute atomic E-state index is 5.67. The first-order chi connectivity index (χ1) is 8.16. The summed E-state index contributed by atoms with van der Waals surface area (Å²) >= 11 is 0. The van der Waals surface area contributed by atoms with Crippen molar-refractivity contribution in [3.63, 3.8) is 0 Å². The van der Waals surface area contributed by atoms with E-state index in [2.05, 4.69) is 22.2 Å². The van der Waals surface area contributed by atoms with Crippen LogP contribution < -0.4 is 11.1 Å². The molecule has 2 heterocycles. The summed E-state index contributed by atoms with van der Waals surface area (Å²) in [5, 5.41) is 3.32. The molecular weight excluding hydrogens is 212 g/mol. The summed E-state index contributed by atoms with van der Waals surface area (Å²) in [7, 11) is 0. The Morgan fingerprint density at radius 3 is 2.76 bits per heavy atom. The van der Waals surface area contributed by atoms with Crippen LogP contribution in [0.3, 0.4) is 0 Å². The Morgan fingerprint density at radius 2 is 2.12 bits per heavy atom. The number of nitrogens with two attached hydrogens (primary N) is 1. The summed E-state index contributed by atoms with van der Waals surface area (Å²) in [6.45, 7) is 4.04. The van der Waals surface area contributed by atoms with Gasteiger partial charge in [0.2, 0.25) is 0 Å². The fourth-order valence-corrected chi connectivity index (χ4v) is 1.66. The maximum Gasteiger partial charge on any atom is 0.129 e. The van der Waals surface area contributed by atoms with Gasteiger partial charge in [0.25, 0.3) is 0 Å². The highest BCUT2D eigenvalue weighted by atomic mass is 15.0. The zero-order valence-corrected chi connectivity index (χ0v) is 10.0. The van der Waals surface area contributed by atoms with Crippen LogP contribution in [0.15, 0.2) is 36.7 Å². The highest BCUT2D eigenvalue weighted by Gasteiger charge is 2.08. The van der Waals surface area contributed by atoms with Crippen molar-refractivity contribution in [3.05, 3.63) is 47.9 Å². The van der Waals surface area contributed by atoms with Crippen LogP contribution in [-0.2, 0) is 0 Å². The van der Waals surface area contributed by atoms with Gasteiger partial charge >= 0.3 is 0 Å². The van der Waals surface area contributed by atoms with Crippen molar-refractivity contribution >= 4 is 11.5 Å². The SMILES string of the molecule is Cc1cc(N)cnc1NC(C)c1ccccn1. The average molecular weight is 228 g/mol. The van der Waals surface area contributed by atoms with E-state index >= 15 is 0 Å². The van der Waals surface area contributed by atoms with Crippen LogP contribution in [0.5, 0.6) is 0 Å². The largest absolute Gasteiger partial charge is 0.397 e. The Morgan fingerprint density at radius 1 is 1.29 bits per heavy atom. The van der Waals surface area contributed by atoms with Crippen molar-refractivity contribution < 1.29 is 0 Å². The molecule has 0 fully saturated rings. The second-order valence-corrected chi connectivity index (χ2v) is 4.05. The van der Waals surface area contributed by atoms with Crippen molar-refractivity contribution in [1.29, 1.82) is 0 Å². The number of nitrogens with one attached hydrogen (secondary N) is 1. The lowest BCUT2D eigenvalue weighted by Crippen LogP contribution is -2.10. The molecule has 88 valence electrons. The minimum atomic E-state index is 0.117. The molecule has 1 atom stereocenters. The quantitative estimate of drug-likeness (QED) is 0.847. The van der Waals surface area contributed by atoms with Crippen LogP contribution in [-0.4, -0.2) is 9.97 Å². The van der Waals surface area contributed by atoms with E-state index in [1.165, 1.54) is 0 Å². The number of aromatic nitrogens is 2. The van der Waals surface area contributed by atoms with Crippen molar-refractivity contribution in [3.8, 4) is 0 Å². The zero-order valence-electron chi connectivity index (χ0n) is 10.0. The molecule has 17 heavy (non-hydrogen) atoms. The summed E-state index contributed by atoms with van der Waals surface area (Å²) in [6.07, 6.45) is 3.44. The number of anilines is 2. The molecule has 0 amide bonds. The van der Waals surface area contributed by atoms with Crippen LogP contribution in [0, 0.1) is 6.92 Å². The van der Waals surface area contributed by atoms with E-state index in [4.69, 9.17) is 5.73 Å². The van der Waals surface area contributed by atoms with E-state index in [0.29, 0.717) is 5.69 Å². The van der Waals surface area contributed by atoms with E-state index < -0.39 is 0 Å². The fraction of sp³-hybridized carbons (Fsp3) is 0.231. The normalized spacial score (nSPS) is 12.1. The standard InChI is InChI=1S/C13H16N4/c1-9-7-11(14)8-16-13(9)17-10(2)12-5-3-4-6-15-12/h3-8,10H,14H2,1-2H3,(H,16,17). The fourth-order valence-electron chi connectivity index (χ4n) is 1.66. The first-order valence-electron chi connectivity index (χ1n) is 5.56. The molecule has 1 unspecified atom stereocenters. The molecule has 0 bridgehead atoms. The smallest absolute Gasteiger partial charge is 0.129 e. The topological polar surface area (TPSA) is 63.8 Å². The van der Waals surface area contributed by atoms with Crippen molar-refractivity contribution in [2.24, 2.45) is 0 Å². The number of aryl methyl sites for hydroxylation is 1. The monoisotopic (exact) mass is 228 g/mol. The molecule has 2 aromatic rings. The molecule has 0 saturated heterocycles. The van der Waals surface area contributed by atoms with E-state index in [9.17, 15) is 0 Å². The van der Waals surface area contributed by atoms with E-state index in [-0.39, 0.29) is 6.04 Å². The maximum atomic E-state index is 5.67. The Balaban J connectivity index is 2.16. The second kappa shape index (κ2) is 4.82. The molecule has 2 rings (SSSR count). The van der Waals surface area contributed by atoms with Gasteiger partial charge in [-0.2, -0.15) is 0 Å². The minimum absolute atomic E-state index is 0.117. The number of rotatable bonds is 3. The summed E-state index contributed by atoms with van der Waals surface area (Å²) < 4.78 is 0. The third-order valence-electron chi connectivity index (χ3n) is 2.58. The Kier molecular flexibility index (Phi) is 3.23. The van der Waals surface area contributed by atoms with Gasteiger partial charge in [-0.05, 0) is 37.6 Å². The van der Waals surface area contributed by atoms with Gasteiger partial charge in [-0.25, -0.2) is 4.98 Å². The molecule has 4 nitrogen and oxygen atoms in total. The minimum Gasteiger partial charge on any atom is -0.397 e. The van der Waals surface area contributed by atoms with Crippen LogP contribution in [0.4, 0.5) is 11.5 Å². The van der Waals surface area contributed by atoms with Crippen molar-refractivity contribution in [2.75, 3.05) is 11.1 Å². The van der Waals surface area contributed by atoms with Gasteiger partial charge < -0.3 is 11.1 Å². The van der Waals surface area contributed by atoms with Crippen LogP contribution >= 0.6 is 0 Å². The summed E-state index contributed by atoms with van der Waals surface area (Å²) in [4.78, 5) is 8.59. The lowest BCUT2D eigenvalue weighted by atomic mass is 10.2. The van der Waals surface area contributed by atoms with Crippen LogP contribution in [0.25, 0.3) is 0 Å². The van der Waals surface area contributed by atoms with Gasteiger partial charge in [0.15, 0.2) is 0 Å². The van der Waals surface area contributed by atoms with E-state index in [1.54, 1.807) is 12.4 Å². The number of hydrogen-bond acceptors (Lipinski definition) is 4. The predicted molar refractivity (Wildman–Crippen MR) is 69.7 cm³/mol. The van der Waals surface area contributed by atoms with Gasteiger partial charge in [0.1, 0.15) is 5.82 Å². The number of nitrogens with zero attached hydrogens (tertiary/aromatic N) is 2. The van der Waals surface area contributed by atoms with Crippen molar-refractivity contribution in [1.82, 2.24) is 9.97 Å². The van der Waals surface area contributed by atoms with Gasteiger partial charge in [-0.1, -0.05) is 6.07 Å². The number of pyridine rings is 2. The highest BCUT2D eigenvalue weighted by molar-refractivity contribution is 5.51. The van der Waals surface area contributed by atoms with E-state index in [1.807, 2.05) is 31.2 Å². The van der Waals surface area contributed by atoms with Gasteiger partial charge in [0, 0.05) is 6.20 Å². The molecule has 0 aromatic carbocycles. The van der Waals surface area contributed by atoms with Crippen LogP contribution in [0.1, 0.15) is 24.2 Å².